The quantitative estimate of drug-likeness (QED) is 0.645. The van der Waals surface area contributed by atoms with E-state index in [0.717, 1.165) is 53.9 Å². The summed E-state index contributed by atoms with van der Waals surface area (Å²) >= 11 is 1.57. The molecule has 146 valence electrons. The second kappa shape index (κ2) is 8.52. The molecule has 0 radical (unpaired) electrons. The first-order valence-corrected chi connectivity index (χ1v) is 10.3. The first-order valence-electron chi connectivity index (χ1n) is 9.33. The van der Waals surface area contributed by atoms with Crippen LogP contribution in [0.25, 0.3) is 11.0 Å². The van der Waals surface area contributed by atoms with Gasteiger partial charge in [-0.2, -0.15) is 0 Å². The zero-order chi connectivity index (χ0) is 19.3. The third-order valence-electron chi connectivity index (χ3n) is 4.83. The third kappa shape index (κ3) is 4.22. The number of methoxy groups -OCH3 is 1. The van der Waals surface area contributed by atoms with Crippen molar-refractivity contribution in [1.29, 1.82) is 0 Å². The van der Waals surface area contributed by atoms with Crippen molar-refractivity contribution >= 4 is 34.5 Å². The number of benzene rings is 1. The summed E-state index contributed by atoms with van der Waals surface area (Å²) in [7, 11) is 1.65. The Kier molecular flexibility index (Phi) is 5.66. The van der Waals surface area contributed by atoms with Gasteiger partial charge in [-0.15, -0.1) is 0 Å². The number of carbonyl (C=O) groups is 1. The number of rotatable bonds is 6. The molecular formula is C20H23N5O2S. The minimum absolute atomic E-state index is 0.200. The maximum Gasteiger partial charge on any atom is 0.223 e. The van der Waals surface area contributed by atoms with Crippen LogP contribution in [0.15, 0.2) is 47.8 Å². The number of nitrogens with one attached hydrogen (secondary N) is 1. The molecule has 0 spiro atoms. The fourth-order valence-electron chi connectivity index (χ4n) is 3.28. The molecule has 0 aliphatic carbocycles. The lowest BCUT2D eigenvalue weighted by molar-refractivity contribution is -0.131. The van der Waals surface area contributed by atoms with Gasteiger partial charge >= 0.3 is 0 Å². The standard InChI is InChI=1S/C20H23N5O2S/c1-27-15-5-6-16-17(14-15)23-20(22-16)28-13-7-19(26)25-11-9-24(10-12-25)18-4-2-3-8-21-18/h2-6,8,14H,7,9-13H2,1H3,(H,22,23). The summed E-state index contributed by atoms with van der Waals surface area (Å²) in [5.41, 5.74) is 1.85. The van der Waals surface area contributed by atoms with Crippen molar-refractivity contribution in [3.05, 3.63) is 42.6 Å². The Morgan fingerprint density at radius 3 is 2.82 bits per heavy atom. The molecular weight excluding hydrogens is 374 g/mol. The lowest BCUT2D eigenvalue weighted by Gasteiger charge is -2.35. The molecule has 1 N–H and O–H groups in total. The molecule has 1 fully saturated rings. The number of piperazine rings is 1. The van der Waals surface area contributed by atoms with Crippen molar-refractivity contribution < 1.29 is 9.53 Å². The number of pyridine rings is 1. The van der Waals surface area contributed by atoms with Crippen LogP contribution in [0.3, 0.4) is 0 Å². The lowest BCUT2D eigenvalue weighted by atomic mass is 10.3. The highest BCUT2D eigenvalue weighted by molar-refractivity contribution is 7.99. The summed E-state index contributed by atoms with van der Waals surface area (Å²) in [4.78, 5) is 28.9. The fraction of sp³-hybridized carbons (Fsp3) is 0.350. The maximum atomic E-state index is 12.5. The average molecular weight is 398 g/mol. The van der Waals surface area contributed by atoms with Gasteiger partial charge in [0.1, 0.15) is 11.6 Å². The van der Waals surface area contributed by atoms with E-state index in [1.54, 1.807) is 25.1 Å². The number of aromatic nitrogens is 3. The number of ether oxygens (including phenoxy) is 1. The van der Waals surface area contributed by atoms with E-state index in [2.05, 4.69) is 19.9 Å². The number of H-pyrrole nitrogens is 1. The highest BCUT2D eigenvalue weighted by Gasteiger charge is 2.21. The summed E-state index contributed by atoms with van der Waals surface area (Å²) in [6, 6.07) is 11.7. The van der Waals surface area contributed by atoms with Crippen LogP contribution in [-0.2, 0) is 4.79 Å². The molecule has 3 aromatic rings. The second-order valence-electron chi connectivity index (χ2n) is 6.58. The molecule has 0 bridgehead atoms. The zero-order valence-electron chi connectivity index (χ0n) is 15.8. The summed E-state index contributed by atoms with van der Waals surface area (Å²) in [6.07, 6.45) is 2.31. The van der Waals surface area contributed by atoms with E-state index < -0.39 is 0 Å². The molecule has 4 rings (SSSR count). The van der Waals surface area contributed by atoms with Crippen LogP contribution in [-0.4, -0.2) is 64.8 Å². The van der Waals surface area contributed by atoms with Crippen molar-refractivity contribution in [3.63, 3.8) is 0 Å². The van der Waals surface area contributed by atoms with E-state index in [4.69, 9.17) is 4.74 Å². The molecule has 1 saturated heterocycles. The predicted octanol–water partition coefficient (Wildman–Crippen LogP) is 2.80. The number of hydrogen-bond donors (Lipinski definition) is 1. The normalized spacial score (nSPS) is 14.5. The molecule has 28 heavy (non-hydrogen) atoms. The van der Waals surface area contributed by atoms with Gasteiger partial charge in [-0.05, 0) is 24.3 Å². The third-order valence-corrected chi connectivity index (χ3v) is 5.70. The van der Waals surface area contributed by atoms with Gasteiger partial charge in [0.05, 0.1) is 18.1 Å². The van der Waals surface area contributed by atoms with E-state index in [9.17, 15) is 4.79 Å². The van der Waals surface area contributed by atoms with Crippen LogP contribution in [0, 0.1) is 0 Å². The Morgan fingerprint density at radius 1 is 1.21 bits per heavy atom. The van der Waals surface area contributed by atoms with Crippen molar-refractivity contribution in [3.8, 4) is 5.75 Å². The molecule has 1 aliphatic rings. The zero-order valence-corrected chi connectivity index (χ0v) is 16.6. The summed E-state index contributed by atoms with van der Waals surface area (Å²) in [5, 5.41) is 0.830. The van der Waals surface area contributed by atoms with Crippen molar-refractivity contribution in [2.24, 2.45) is 0 Å². The SMILES string of the molecule is COc1ccc2nc(SCCC(=O)N3CCN(c4ccccn4)CC3)[nH]c2c1. The van der Waals surface area contributed by atoms with E-state index in [-0.39, 0.29) is 5.91 Å². The molecule has 8 heteroatoms. The summed E-state index contributed by atoms with van der Waals surface area (Å²) in [6.45, 7) is 3.12. The van der Waals surface area contributed by atoms with Crippen LogP contribution < -0.4 is 9.64 Å². The van der Waals surface area contributed by atoms with Gasteiger partial charge in [0.15, 0.2) is 5.16 Å². The van der Waals surface area contributed by atoms with Crippen LogP contribution in [0.1, 0.15) is 6.42 Å². The van der Waals surface area contributed by atoms with Crippen LogP contribution in [0.4, 0.5) is 5.82 Å². The molecule has 2 aromatic heterocycles. The van der Waals surface area contributed by atoms with Gasteiger partial charge in [0.25, 0.3) is 0 Å². The topological polar surface area (TPSA) is 74.3 Å². The average Bonchev–Trinajstić information content (AvgIpc) is 3.16. The minimum Gasteiger partial charge on any atom is -0.497 e. The van der Waals surface area contributed by atoms with E-state index in [1.807, 2.05) is 41.3 Å². The number of amides is 1. The number of nitrogens with zero attached hydrogens (tertiary/aromatic N) is 4. The number of imidazole rings is 1. The van der Waals surface area contributed by atoms with Crippen molar-refractivity contribution in [1.82, 2.24) is 19.9 Å². The predicted molar refractivity (Wildman–Crippen MR) is 111 cm³/mol. The molecule has 0 atom stereocenters. The van der Waals surface area contributed by atoms with Gasteiger partial charge in [0, 0.05) is 50.6 Å². The highest BCUT2D eigenvalue weighted by Crippen LogP contribution is 2.23. The van der Waals surface area contributed by atoms with Crippen LogP contribution in [0.5, 0.6) is 5.75 Å². The maximum absolute atomic E-state index is 12.5. The minimum atomic E-state index is 0.200. The molecule has 1 aromatic carbocycles. The van der Waals surface area contributed by atoms with Gasteiger partial charge in [0.2, 0.25) is 5.91 Å². The molecule has 3 heterocycles. The van der Waals surface area contributed by atoms with Crippen LogP contribution >= 0.6 is 11.8 Å². The molecule has 1 amide bonds. The fourth-order valence-corrected chi connectivity index (χ4v) is 4.09. The number of fused-ring (bicyclic) bond motifs is 1. The van der Waals surface area contributed by atoms with Crippen molar-refractivity contribution in [2.45, 2.75) is 11.6 Å². The van der Waals surface area contributed by atoms with Crippen molar-refractivity contribution in [2.75, 3.05) is 43.9 Å². The number of aromatic amines is 1. The smallest absolute Gasteiger partial charge is 0.223 e. The number of carbonyl (C=O) groups excluding carboxylic acids is 1. The number of anilines is 1. The Labute approximate surface area is 168 Å². The Morgan fingerprint density at radius 2 is 2.07 bits per heavy atom. The number of thioether (sulfide) groups is 1. The molecule has 0 saturated carbocycles. The monoisotopic (exact) mass is 397 g/mol. The van der Waals surface area contributed by atoms with Gasteiger partial charge in [-0.25, -0.2) is 9.97 Å². The first kappa shape index (κ1) is 18.6. The number of hydrogen-bond acceptors (Lipinski definition) is 6. The molecule has 1 aliphatic heterocycles. The Hall–Kier alpha value is -2.74. The van der Waals surface area contributed by atoms with E-state index >= 15 is 0 Å². The first-order chi connectivity index (χ1) is 13.7. The summed E-state index contributed by atoms with van der Waals surface area (Å²) < 4.78 is 5.23. The van der Waals surface area contributed by atoms with Gasteiger partial charge in [-0.1, -0.05) is 17.8 Å². The molecule has 0 unspecified atom stereocenters. The van der Waals surface area contributed by atoms with E-state index in [0.29, 0.717) is 12.2 Å². The second-order valence-corrected chi connectivity index (χ2v) is 7.66. The van der Waals surface area contributed by atoms with Gasteiger partial charge < -0.3 is 19.5 Å². The lowest BCUT2D eigenvalue weighted by Crippen LogP contribution is -2.49. The largest absolute Gasteiger partial charge is 0.497 e. The van der Waals surface area contributed by atoms with E-state index in [1.165, 1.54) is 0 Å². The summed E-state index contributed by atoms with van der Waals surface area (Å²) in [5.74, 6) is 2.68. The Balaban J connectivity index is 1.25. The van der Waals surface area contributed by atoms with Gasteiger partial charge in [-0.3, -0.25) is 4.79 Å². The molecule has 7 nitrogen and oxygen atoms in total. The Bertz CT molecular complexity index is 938. The van der Waals surface area contributed by atoms with Crippen LogP contribution in [0.2, 0.25) is 0 Å². The highest BCUT2D eigenvalue weighted by atomic mass is 32.2.